The molecule has 0 radical (unpaired) electrons. The fourth-order valence-electron chi connectivity index (χ4n) is 1.27. The Morgan fingerprint density at radius 1 is 1.33 bits per heavy atom. The normalized spacial score (nSPS) is 10.3. The van der Waals surface area contributed by atoms with Crippen molar-refractivity contribution in [1.82, 2.24) is 4.98 Å². The van der Waals surface area contributed by atoms with E-state index in [0.717, 1.165) is 16.3 Å². The highest BCUT2D eigenvalue weighted by atomic mass is 35.5. The van der Waals surface area contributed by atoms with E-state index in [4.69, 9.17) is 11.6 Å². The molecule has 5 heteroatoms. The van der Waals surface area contributed by atoms with Crippen LogP contribution in [0.2, 0.25) is 4.47 Å². The van der Waals surface area contributed by atoms with Gasteiger partial charge >= 0.3 is 0 Å². The first-order valence-electron chi connectivity index (χ1n) is 4.30. The molecule has 0 aliphatic rings. The molecular formula is C10H8ClFN2S. The van der Waals surface area contributed by atoms with Gasteiger partial charge in [-0.2, -0.15) is 0 Å². The molecule has 78 valence electrons. The predicted octanol–water partition coefficient (Wildman–Crippen LogP) is 3.64. The van der Waals surface area contributed by atoms with Crippen molar-refractivity contribution < 1.29 is 4.39 Å². The molecule has 1 aromatic heterocycles. The van der Waals surface area contributed by atoms with Crippen molar-refractivity contribution in [1.29, 1.82) is 0 Å². The molecule has 0 saturated carbocycles. The average molecular weight is 243 g/mol. The smallest absolute Gasteiger partial charge is 0.186 e. The first kappa shape index (κ1) is 10.4. The zero-order valence-electron chi connectivity index (χ0n) is 7.92. The minimum absolute atomic E-state index is 0.258. The number of halogens is 2. The molecule has 0 aliphatic heterocycles. The maximum atomic E-state index is 12.7. The number of anilines is 1. The number of aromatic nitrogens is 1. The summed E-state index contributed by atoms with van der Waals surface area (Å²) in [6, 6.07) is 6.17. The Kier molecular flexibility index (Phi) is 2.88. The molecule has 0 saturated heterocycles. The van der Waals surface area contributed by atoms with Gasteiger partial charge in [0, 0.05) is 12.6 Å². The molecule has 0 fully saturated rings. The molecule has 0 unspecified atom stereocenters. The number of nitrogens with zero attached hydrogens (tertiary/aromatic N) is 1. The van der Waals surface area contributed by atoms with E-state index in [1.54, 1.807) is 19.2 Å². The second-order valence-electron chi connectivity index (χ2n) is 2.90. The Morgan fingerprint density at radius 3 is 2.60 bits per heavy atom. The summed E-state index contributed by atoms with van der Waals surface area (Å²) in [4.78, 5) is 4.18. The fraction of sp³-hybridized carbons (Fsp3) is 0.100. The first-order valence-corrected chi connectivity index (χ1v) is 5.50. The fourth-order valence-corrected chi connectivity index (χ4v) is 2.25. The summed E-state index contributed by atoms with van der Waals surface area (Å²) < 4.78 is 13.2. The lowest BCUT2D eigenvalue weighted by Crippen LogP contribution is -1.88. The minimum atomic E-state index is -0.258. The molecule has 15 heavy (non-hydrogen) atoms. The Labute approximate surface area is 95.7 Å². The van der Waals surface area contributed by atoms with Gasteiger partial charge in [0.2, 0.25) is 0 Å². The maximum absolute atomic E-state index is 12.7. The van der Waals surface area contributed by atoms with E-state index in [0.29, 0.717) is 4.47 Å². The molecular weight excluding hydrogens is 235 g/mol. The van der Waals surface area contributed by atoms with Gasteiger partial charge in [0.1, 0.15) is 16.5 Å². The summed E-state index contributed by atoms with van der Waals surface area (Å²) >= 11 is 7.18. The van der Waals surface area contributed by atoms with E-state index in [-0.39, 0.29) is 5.82 Å². The number of hydrogen-bond acceptors (Lipinski definition) is 3. The molecule has 1 aromatic carbocycles. The highest BCUT2D eigenvalue weighted by Crippen LogP contribution is 2.34. The van der Waals surface area contributed by atoms with Crippen LogP contribution >= 0.6 is 22.9 Å². The molecule has 1 N–H and O–H groups in total. The number of benzene rings is 1. The van der Waals surface area contributed by atoms with Crippen LogP contribution in [0.15, 0.2) is 24.3 Å². The van der Waals surface area contributed by atoms with Crippen LogP contribution in [0, 0.1) is 5.82 Å². The molecule has 1 heterocycles. The van der Waals surface area contributed by atoms with Crippen LogP contribution in [0.5, 0.6) is 0 Å². The zero-order chi connectivity index (χ0) is 10.8. The molecule has 0 bridgehead atoms. The van der Waals surface area contributed by atoms with Crippen molar-refractivity contribution in [2.24, 2.45) is 0 Å². The van der Waals surface area contributed by atoms with Crippen LogP contribution in [0.25, 0.3) is 11.3 Å². The quantitative estimate of drug-likeness (QED) is 0.870. The largest absolute Gasteiger partial charge is 0.378 e. The van der Waals surface area contributed by atoms with Crippen molar-refractivity contribution in [3.05, 3.63) is 34.5 Å². The lowest BCUT2D eigenvalue weighted by Gasteiger charge is -2.00. The average Bonchev–Trinajstić information content (AvgIpc) is 2.61. The van der Waals surface area contributed by atoms with Gasteiger partial charge < -0.3 is 5.32 Å². The highest BCUT2D eigenvalue weighted by Gasteiger charge is 2.10. The second kappa shape index (κ2) is 4.16. The number of thiazole rings is 1. The number of nitrogens with one attached hydrogen (secondary N) is 1. The van der Waals surface area contributed by atoms with Crippen LogP contribution in [-0.4, -0.2) is 12.0 Å². The molecule has 2 rings (SSSR count). The van der Waals surface area contributed by atoms with Gasteiger partial charge in [-0.05, 0) is 24.3 Å². The lowest BCUT2D eigenvalue weighted by molar-refractivity contribution is 0.628. The third-order valence-electron chi connectivity index (χ3n) is 1.95. The summed E-state index contributed by atoms with van der Waals surface area (Å²) in [5, 5.41) is 3.89. The van der Waals surface area contributed by atoms with Crippen LogP contribution < -0.4 is 5.32 Å². The van der Waals surface area contributed by atoms with Gasteiger partial charge in [0.05, 0.1) is 0 Å². The van der Waals surface area contributed by atoms with Gasteiger partial charge in [-0.15, -0.1) is 0 Å². The van der Waals surface area contributed by atoms with Crippen molar-refractivity contribution in [2.45, 2.75) is 0 Å². The van der Waals surface area contributed by atoms with Crippen molar-refractivity contribution in [3.63, 3.8) is 0 Å². The summed E-state index contributed by atoms with van der Waals surface area (Å²) in [6.07, 6.45) is 0. The van der Waals surface area contributed by atoms with Gasteiger partial charge in [-0.3, -0.25) is 0 Å². The molecule has 0 atom stereocenters. The highest BCUT2D eigenvalue weighted by molar-refractivity contribution is 7.20. The number of rotatable bonds is 2. The summed E-state index contributed by atoms with van der Waals surface area (Å²) in [5.41, 5.74) is 1.61. The van der Waals surface area contributed by atoms with Gasteiger partial charge in [0.15, 0.2) is 4.47 Å². The predicted molar refractivity (Wildman–Crippen MR) is 62.1 cm³/mol. The summed E-state index contributed by atoms with van der Waals surface area (Å²) in [5.74, 6) is -0.258. The van der Waals surface area contributed by atoms with Crippen molar-refractivity contribution in [2.75, 3.05) is 12.4 Å². The van der Waals surface area contributed by atoms with E-state index >= 15 is 0 Å². The monoisotopic (exact) mass is 242 g/mol. The van der Waals surface area contributed by atoms with Crippen molar-refractivity contribution in [3.8, 4) is 11.3 Å². The van der Waals surface area contributed by atoms with Gasteiger partial charge in [-0.25, -0.2) is 9.37 Å². The Hall–Kier alpha value is -1.13. The van der Waals surface area contributed by atoms with Crippen LogP contribution in [-0.2, 0) is 0 Å². The Balaban J connectivity index is 2.48. The second-order valence-corrected chi connectivity index (χ2v) is 4.48. The molecule has 2 aromatic rings. The summed E-state index contributed by atoms with van der Waals surface area (Å²) in [7, 11) is 1.80. The van der Waals surface area contributed by atoms with Crippen molar-refractivity contribution >= 4 is 27.9 Å². The summed E-state index contributed by atoms with van der Waals surface area (Å²) in [6.45, 7) is 0. The molecule has 0 spiro atoms. The minimum Gasteiger partial charge on any atom is -0.378 e. The SMILES string of the molecule is CNc1sc(Cl)nc1-c1ccc(F)cc1. The van der Waals surface area contributed by atoms with E-state index in [2.05, 4.69) is 10.3 Å². The van der Waals surface area contributed by atoms with Gasteiger partial charge in [0.25, 0.3) is 0 Å². The third kappa shape index (κ3) is 2.11. The van der Waals surface area contributed by atoms with Crippen LogP contribution in [0.1, 0.15) is 0 Å². The standard InChI is InChI=1S/C10H8ClFN2S/c1-13-9-8(14-10(11)15-9)6-2-4-7(12)5-3-6/h2-5,13H,1H3. The third-order valence-corrected chi connectivity index (χ3v) is 3.12. The number of hydrogen-bond donors (Lipinski definition) is 1. The van der Waals surface area contributed by atoms with E-state index < -0.39 is 0 Å². The van der Waals surface area contributed by atoms with E-state index in [1.165, 1.54) is 23.5 Å². The van der Waals surface area contributed by atoms with Crippen LogP contribution in [0.4, 0.5) is 9.39 Å². The van der Waals surface area contributed by atoms with E-state index in [1.807, 2.05) is 0 Å². The topological polar surface area (TPSA) is 24.9 Å². The first-order chi connectivity index (χ1) is 7.20. The zero-order valence-corrected chi connectivity index (χ0v) is 9.49. The maximum Gasteiger partial charge on any atom is 0.186 e. The Morgan fingerprint density at radius 2 is 2.00 bits per heavy atom. The molecule has 0 aliphatic carbocycles. The Bertz CT molecular complexity index is 467. The van der Waals surface area contributed by atoms with Crippen LogP contribution in [0.3, 0.4) is 0 Å². The molecule has 0 amide bonds. The van der Waals surface area contributed by atoms with Gasteiger partial charge in [-0.1, -0.05) is 22.9 Å². The lowest BCUT2D eigenvalue weighted by atomic mass is 10.1. The molecule has 2 nitrogen and oxygen atoms in total. The van der Waals surface area contributed by atoms with E-state index in [9.17, 15) is 4.39 Å².